The van der Waals surface area contributed by atoms with Crippen molar-refractivity contribution in [1.82, 2.24) is 4.98 Å². The Kier molecular flexibility index (Phi) is 8.50. The highest BCUT2D eigenvalue weighted by Crippen LogP contribution is 2.52. The number of alkyl halides is 3. The van der Waals surface area contributed by atoms with Gasteiger partial charge in [-0.15, -0.1) is 0 Å². The summed E-state index contributed by atoms with van der Waals surface area (Å²) in [4.78, 5) is 6.57. The van der Waals surface area contributed by atoms with E-state index in [-0.39, 0.29) is 39.4 Å². The maximum absolute atomic E-state index is 13.4. The number of aryl methyl sites for hydroxylation is 1. The number of fused-ring (bicyclic) bond motifs is 3. The van der Waals surface area contributed by atoms with Crippen molar-refractivity contribution in [3.8, 4) is 5.75 Å². The van der Waals surface area contributed by atoms with Gasteiger partial charge in [0.15, 0.2) is 0 Å². The average molecular weight is 506 g/mol. The van der Waals surface area contributed by atoms with Gasteiger partial charge < -0.3 is 24.6 Å². The quantitative estimate of drug-likeness (QED) is 0.329. The summed E-state index contributed by atoms with van der Waals surface area (Å²) < 4.78 is 57.4. The fourth-order valence-electron chi connectivity index (χ4n) is 4.55. The van der Waals surface area contributed by atoms with Crippen LogP contribution >= 0.6 is 0 Å². The summed E-state index contributed by atoms with van der Waals surface area (Å²) in [6.07, 6.45) is 0.114. The number of nitrogens with zero attached hydrogens (tertiary/aromatic N) is 2. The maximum Gasteiger partial charge on any atom is 0.260 e. The molecule has 0 atom stereocenters. The van der Waals surface area contributed by atoms with Gasteiger partial charge in [-0.05, 0) is 24.6 Å². The van der Waals surface area contributed by atoms with Gasteiger partial charge in [0.05, 0.1) is 31.9 Å². The molecule has 7 nitrogen and oxygen atoms in total. The van der Waals surface area contributed by atoms with Crippen LogP contribution in [0.25, 0.3) is 10.9 Å². The number of rotatable bonds is 13. The molecule has 0 bridgehead atoms. The predicted octanol–water partition coefficient (Wildman–Crippen LogP) is 4.62. The van der Waals surface area contributed by atoms with E-state index in [0.29, 0.717) is 33.7 Å². The molecule has 0 amide bonds. The lowest BCUT2D eigenvalue weighted by Crippen LogP contribution is -2.50. The van der Waals surface area contributed by atoms with Gasteiger partial charge in [0.25, 0.3) is 5.91 Å². The summed E-state index contributed by atoms with van der Waals surface area (Å²) in [5.74, 6) is -0.721. The van der Waals surface area contributed by atoms with Gasteiger partial charge in [0, 0.05) is 23.2 Å². The van der Waals surface area contributed by atoms with Gasteiger partial charge in [0.1, 0.15) is 43.7 Å². The lowest BCUT2D eigenvalue weighted by atomic mass is 10.1. The number of nitrogens with one attached hydrogen (secondary N) is 1. The largest absolute Gasteiger partial charge is 0.489 e. The standard InChI is InChI=1S/C26H30F3N3O4/c1-18-5-2-3-7-21(18)32-24-19-6-4-8-22(34-14-9-27)23(19)31-25(30-12-13-33)20(24)17-26(32,35-15-10-28)36-16-11-29/h2-8,33H,9-17H2,1H3,(H,30,31). The van der Waals surface area contributed by atoms with E-state index in [9.17, 15) is 18.3 Å². The van der Waals surface area contributed by atoms with Gasteiger partial charge >= 0.3 is 0 Å². The summed E-state index contributed by atoms with van der Waals surface area (Å²) in [7, 11) is 0. The highest BCUT2D eigenvalue weighted by molar-refractivity contribution is 6.02. The Morgan fingerprint density at radius 2 is 1.72 bits per heavy atom. The number of hydrogen-bond acceptors (Lipinski definition) is 7. The third-order valence-corrected chi connectivity index (χ3v) is 5.92. The van der Waals surface area contributed by atoms with Crippen molar-refractivity contribution in [1.29, 1.82) is 0 Å². The number of anilines is 3. The zero-order valence-corrected chi connectivity index (χ0v) is 20.1. The lowest BCUT2D eigenvalue weighted by Gasteiger charge is -2.40. The summed E-state index contributed by atoms with van der Waals surface area (Å²) in [6.45, 7) is -0.845. The second-order valence-corrected chi connectivity index (χ2v) is 8.21. The molecule has 0 radical (unpaired) electrons. The number of halogens is 3. The van der Waals surface area contributed by atoms with Gasteiger partial charge in [-0.25, -0.2) is 18.2 Å². The van der Waals surface area contributed by atoms with Crippen LogP contribution in [0.2, 0.25) is 0 Å². The summed E-state index contributed by atoms with van der Waals surface area (Å²) in [5.41, 5.74) is 3.44. The molecule has 1 aliphatic heterocycles. The smallest absolute Gasteiger partial charge is 0.260 e. The molecule has 36 heavy (non-hydrogen) atoms. The molecule has 1 aliphatic rings. The number of hydrogen-bond donors (Lipinski definition) is 2. The molecule has 1 aromatic heterocycles. The van der Waals surface area contributed by atoms with Crippen molar-refractivity contribution in [3.05, 3.63) is 53.6 Å². The van der Waals surface area contributed by atoms with Crippen molar-refractivity contribution in [2.75, 3.05) is 63.2 Å². The van der Waals surface area contributed by atoms with Crippen molar-refractivity contribution in [2.24, 2.45) is 0 Å². The molecule has 3 aromatic rings. The van der Waals surface area contributed by atoms with Crippen molar-refractivity contribution >= 4 is 28.1 Å². The summed E-state index contributed by atoms with van der Waals surface area (Å²) in [6, 6.07) is 12.9. The maximum atomic E-state index is 13.4. The number of benzene rings is 2. The minimum absolute atomic E-state index is 0.114. The van der Waals surface area contributed by atoms with E-state index in [0.717, 1.165) is 11.3 Å². The van der Waals surface area contributed by atoms with E-state index in [1.807, 2.05) is 42.2 Å². The predicted molar refractivity (Wildman–Crippen MR) is 132 cm³/mol. The van der Waals surface area contributed by atoms with Crippen LogP contribution in [0.5, 0.6) is 5.75 Å². The van der Waals surface area contributed by atoms with Crippen molar-refractivity contribution in [3.63, 3.8) is 0 Å². The highest BCUT2D eigenvalue weighted by atomic mass is 19.1. The van der Waals surface area contributed by atoms with Gasteiger partial charge in [-0.1, -0.05) is 30.3 Å². The summed E-state index contributed by atoms with van der Waals surface area (Å²) >= 11 is 0. The van der Waals surface area contributed by atoms with Crippen LogP contribution in [0.3, 0.4) is 0 Å². The Bertz CT molecular complexity index is 1170. The van der Waals surface area contributed by atoms with Crippen LogP contribution in [0.4, 0.5) is 30.4 Å². The molecule has 0 spiro atoms. The highest BCUT2D eigenvalue weighted by Gasteiger charge is 2.50. The fraction of sp³-hybridized carbons (Fsp3) is 0.423. The number of ether oxygens (including phenoxy) is 3. The Morgan fingerprint density at radius 3 is 2.39 bits per heavy atom. The molecule has 0 saturated carbocycles. The Labute approximate surface area is 207 Å². The van der Waals surface area contributed by atoms with Crippen LogP contribution < -0.4 is 15.0 Å². The molecule has 2 aromatic carbocycles. The minimum atomic E-state index is -1.55. The second-order valence-electron chi connectivity index (χ2n) is 8.21. The Balaban J connectivity index is 2.02. The van der Waals surface area contributed by atoms with Gasteiger partial charge in [0.2, 0.25) is 0 Å². The van der Waals surface area contributed by atoms with E-state index in [2.05, 4.69) is 5.32 Å². The van der Waals surface area contributed by atoms with Crippen LogP contribution in [-0.2, 0) is 15.9 Å². The van der Waals surface area contributed by atoms with E-state index in [1.165, 1.54) is 0 Å². The average Bonchev–Trinajstić information content (AvgIpc) is 3.24. The van der Waals surface area contributed by atoms with E-state index in [1.54, 1.807) is 12.1 Å². The third kappa shape index (κ3) is 4.93. The molecule has 194 valence electrons. The fourth-order valence-corrected chi connectivity index (χ4v) is 4.55. The lowest BCUT2D eigenvalue weighted by molar-refractivity contribution is -0.229. The first-order chi connectivity index (χ1) is 17.6. The topological polar surface area (TPSA) is 76.1 Å². The monoisotopic (exact) mass is 505 g/mol. The zero-order chi connectivity index (χ0) is 25.5. The van der Waals surface area contributed by atoms with Crippen LogP contribution in [0.1, 0.15) is 11.1 Å². The Morgan fingerprint density at radius 1 is 1.00 bits per heavy atom. The molecule has 0 saturated heterocycles. The molecular formula is C26H30F3N3O4. The normalized spacial score (nSPS) is 14.3. The van der Waals surface area contributed by atoms with E-state index in [4.69, 9.17) is 19.2 Å². The molecule has 0 fully saturated rings. The SMILES string of the molecule is Cc1ccccc1N1c2c(c(NCCO)nc3c(OCCF)cccc23)CC1(OCCF)OCCF. The number of para-hydroxylation sites is 2. The van der Waals surface area contributed by atoms with Crippen LogP contribution in [0, 0.1) is 6.92 Å². The number of aromatic nitrogens is 1. The minimum Gasteiger partial charge on any atom is -0.489 e. The molecule has 10 heteroatoms. The molecule has 2 heterocycles. The first-order valence-corrected chi connectivity index (χ1v) is 11.8. The van der Waals surface area contributed by atoms with Crippen LogP contribution in [-0.4, -0.2) is 69.0 Å². The van der Waals surface area contributed by atoms with Crippen LogP contribution in [0.15, 0.2) is 42.5 Å². The van der Waals surface area contributed by atoms with Gasteiger partial charge in [-0.3, -0.25) is 4.90 Å². The van der Waals surface area contributed by atoms with Crippen molar-refractivity contribution < 1.29 is 32.5 Å². The second kappa shape index (κ2) is 11.8. The first-order valence-electron chi connectivity index (χ1n) is 11.8. The Hall–Kier alpha value is -3.08. The zero-order valence-electron chi connectivity index (χ0n) is 20.1. The molecule has 4 rings (SSSR count). The molecule has 0 unspecified atom stereocenters. The number of aliphatic hydroxyl groups is 1. The number of aliphatic hydroxyl groups excluding tert-OH is 1. The van der Waals surface area contributed by atoms with E-state index >= 15 is 0 Å². The third-order valence-electron chi connectivity index (χ3n) is 5.92. The molecular weight excluding hydrogens is 475 g/mol. The van der Waals surface area contributed by atoms with E-state index < -0.39 is 25.9 Å². The summed E-state index contributed by atoms with van der Waals surface area (Å²) in [5, 5.41) is 13.3. The molecule has 0 aliphatic carbocycles. The number of pyridine rings is 1. The van der Waals surface area contributed by atoms with Gasteiger partial charge in [-0.2, -0.15) is 0 Å². The first kappa shape index (κ1) is 26.0. The molecule has 2 N–H and O–H groups in total. The van der Waals surface area contributed by atoms with Crippen molar-refractivity contribution in [2.45, 2.75) is 19.3 Å².